The number of hydrogen-bond donors (Lipinski definition) is 1. The topological polar surface area (TPSA) is 37.3 Å². The zero-order valence-electron chi connectivity index (χ0n) is 12.3. The van der Waals surface area contributed by atoms with Gasteiger partial charge in [-0.25, -0.2) is 0 Å². The number of piperidine rings is 1. The Hall–Kier alpha value is -1.29. The van der Waals surface area contributed by atoms with E-state index in [4.69, 9.17) is 0 Å². The molecule has 1 aromatic rings. The van der Waals surface area contributed by atoms with Crippen LogP contribution in [0.3, 0.4) is 0 Å². The van der Waals surface area contributed by atoms with Crippen LogP contribution in [0.15, 0.2) is 18.3 Å². The molecule has 1 atom stereocenters. The standard InChI is InChI=1S/C16H25N3O/c1-18(12-13-6-2-3-10-17-13)16(20)15-9-5-11-19(15)14-7-4-8-14/h5,9,11,13-14,17H,2-4,6-8,10,12H2,1H3. The fraction of sp³-hybridized carbons (Fsp3) is 0.688. The van der Waals surface area contributed by atoms with E-state index in [0.29, 0.717) is 12.1 Å². The van der Waals surface area contributed by atoms with Gasteiger partial charge in [0, 0.05) is 31.9 Å². The van der Waals surface area contributed by atoms with Crippen molar-refractivity contribution in [1.82, 2.24) is 14.8 Å². The summed E-state index contributed by atoms with van der Waals surface area (Å²) in [5.74, 6) is 0.161. The molecule has 1 aromatic heterocycles. The quantitative estimate of drug-likeness (QED) is 0.916. The number of carbonyl (C=O) groups excluding carboxylic acids is 1. The smallest absolute Gasteiger partial charge is 0.270 e. The molecule has 1 N–H and O–H groups in total. The lowest BCUT2D eigenvalue weighted by molar-refractivity contribution is 0.0758. The van der Waals surface area contributed by atoms with Crippen molar-refractivity contribution < 1.29 is 4.79 Å². The normalized spacial score (nSPS) is 23.4. The van der Waals surface area contributed by atoms with Crippen LogP contribution in [0.4, 0.5) is 0 Å². The molecule has 1 saturated heterocycles. The van der Waals surface area contributed by atoms with Gasteiger partial charge in [-0.2, -0.15) is 0 Å². The molecular weight excluding hydrogens is 250 g/mol. The number of likely N-dealkylation sites (N-methyl/N-ethyl adjacent to an activating group) is 1. The predicted octanol–water partition coefficient (Wildman–Crippen LogP) is 2.43. The van der Waals surface area contributed by atoms with E-state index >= 15 is 0 Å². The summed E-state index contributed by atoms with van der Waals surface area (Å²) in [6.45, 7) is 1.90. The number of nitrogens with one attached hydrogen (secondary N) is 1. The van der Waals surface area contributed by atoms with Crippen molar-refractivity contribution >= 4 is 5.91 Å². The molecule has 110 valence electrons. The van der Waals surface area contributed by atoms with Crippen molar-refractivity contribution in [2.45, 2.75) is 50.6 Å². The number of aromatic nitrogens is 1. The zero-order valence-corrected chi connectivity index (χ0v) is 12.3. The lowest BCUT2D eigenvalue weighted by Gasteiger charge is -2.31. The first-order valence-corrected chi connectivity index (χ1v) is 7.91. The Kier molecular flexibility index (Phi) is 4.10. The van der Waals surface area contributed by atoms with Gasteiger partial charge in [0.15, 0.2) is 0 Å². The van der Waals surface area contributed by atoms with Crippen LogP contribution in [0.2, 0.25) is 0 Å². The number of rotatable bonds is 4. The number of nitrogens with zero attached hydrogens (tertiary/aromatic N) is 2. The summed E-state index contributed by atoms with van der Waals surface area (Å²) >= 11 is 0. The summed E-state index contributed by atoms with van der Waals surface area (Å²) in [7, 11) is 1.93. The highest BCUT2D eigenvalue weighted by atomic mass is 16.2. The minimum Gasteiger partial charge on any atom is -0.340 e. The SMILES string of the molecule is CN(CC1CCCCN1)C(=O)c1cccn1C1CCC1. The van der Waals surface area contributed by atoms with Crippen LogP contribution in [-0.4, -0.2) is 41.6 Å². The third-order valence-corrected chi connectivity index (χ3v) is 4.72. The second-order valence-corrected chi connectivity index (χ2v) is 6.22. The van der Waals surface area contributed by atoms with Crippen LogP contribution in [0.25, 0.3) is 0 Å². The first-order valence-electron chi connectivity index (χ1n) is 7.91. The minimum absolute atomic E-state index is 0.161. The minimum atomic E-state index is 0.161. The van der Waals surface area contributed by atoms with E-state index in [9.17, 15) is 4.79 Å². The van der Waals surface area contributed by atoms with Gasteiger partial charge >= 0.3 is 0 Å². The fourth-order valence-electron chi connectivity index (χ4n) is 3.25. The molecule has 2 fully saturated rings. The first kappa shape index (κ1) is 13.7. The Morgan fingerprint density at radius 1 is 1.35 bits per heavy atom. The molecule has 2 heterocycles. The molecule has 4 nitrogen and oxygen atoms in total. The lowest BCUT2D eigenvalue weighted by Crippen LogP contribution is -2.44. The Labute approximate surface area is 121 Å². The van der Waals surface area contributed by atoms with Crippen molar-refractivity contribution in [1.29, 1.82) is 0 Å². The number of amides is 1. The molecule has 0 bridgehead atoms. The molecule has 1 aliphatic carbocycles. The highest BCUT2D eigenvalue weighted by Crippen LogP contribution is 2.32. The number of hydrogen-bond acceptors (Lipinski definition) is 2. The van der Waals surface area contributed by atoms with Crippen molar-refractivity contribution in [2.24, 2.45) is 0 Å². The van der Waals surface area contributed by atoms with Crippen LogP contribution in [0.1, 0.15) is 55.1 Å². The Morgan fingerprint density at radius 2 is 2.20 bits per heavy atom. The van der Waals surface area contributed by atoms with Gasteiger partial charge in [-0.3, -0.25) is 4.79 Å². The summed E-state index contributed by atoms with van der Waals surface area (Å²) in [6, 6.07) is 4.97. The summed E-state index contributed by atoms with van der Waals surface area (Å²) in [4.78, 5) is 14.5. The van der Waals surface area contributed by atoms with Crippen molar-refractivity contribution in [2.75, 3.05) is 20.1 Å². The average Bonchev–Trinajstić information content (AvgIpc) is 2.86. The molecular formula is C16H25N3O. The van der Waals surface area contributed by atoms with E-state index in [1.54, 1.807) is 0 Å². The summed E-state index contributed by atoms with van der Waals surface area (Å²) in [5.41, 5.74) is 0.855. The molecule has 0 spiro atoms. The maximum Gasteiger partial charge on any atom is 0.270 e. The van der Waals surface area contributed by atoms with Gasteiger partial charge in [-0.05, 0) is 50.8 Å². The van der Waals surface area contributed by atoms with Gasteiger partial charge in [-0.15, -0.1) is 0 Å². The van der Waals surface area contributed by atoms with Crippen LogP contribution < -0.4 is 5.32 Å². The molecule has 2 aliphatic rings. The van der Waals surface area contributed by atoms with E-state index < -0.39 is 0 Å². The van der Waals surface area contributed by atoms with Crippen LogP contribution in [0.5, 0.6) is 0 Å². The third kappa shape index (κ3) is 2.75. The van der Waals surface area contributed by atoms with E-state index in [2.05, 4.69) is 16.1 Å². The molecule has 0 radical (unpaired) electrons. The van der Waals surface area contributed by atoms with Crippen molar-refractivity contribution in [3.05, 3.63) is 24.0 Å². The Balaban J connectivity index is 1.63. The molecule has 4 heteroatoms. The second kappa shape index (κ2) is 6.00. The zero-order chi connectivity index (χ0) is 13.9. The summed E-state index contributed by atoms with van der Waals surface area (Å²) in [6.07, 6.45) is 9.49. The maximum atomic E-state index is 12.6. The predicted molar refractivity (Wildman–Crippen MR) is 79.9 cm³/mol. The maximum absolute atomic E-state index is 12.6. The third-order valence-electron chi connectivity index (χ3n) is 4.72. The summed E-state index contributed by atoms with van der Waals surface area (Å²) < 4.78 is 2.18. The molecule has 1 unspecified atom stereocenters. The largest absolute Gasteiger partial charge is 0.340 e. The summed E-state index contributed by atoms with van der Waals surface area (Å²) in [5, 5.41) is 3.51. The van der Waals surface area contributed by atoms with Crippen LogP contribution >= 0.6 is 0 Å². The number of carbonyl (C=O) groups is 1. The average molecular weight is 275 g/mol. The van der Waals surface area contributed by atoms with Gasteiger partial charge in [0.2, 0.25) is 0 Å². The van der Waals surface area contributed by atoms with E-state index in [1.807, 2.05) is 24.1 Å². The van der Waals surface area contributed by atoms with Gasteiger partial charge < -0.3 is 14.8 Å². The molecule has 20 heavy (non-hydrogen) atoms. The first-order chi connectivity index (χ1) is 9.75. The monoisotopic (exact) mass is 275 g/mol. The Morgan fingerprint density at radius 3 is 2.85 bits per heavy atom. The molecule has 1 aliphatic heterocycles. The lowest BCUT2D eigenvalue weighted by atomic mass is 9.93. The highest BCUT2D eigenvalue weighted by Gasteiger charge is 2.25. The molecule has 3 rings (SSSR count). The van der Waals surface area contributed by atoms with Gasteiger partial charge in [0.1, 0.15) is 5.69 Å². The molecule has 1 saturated carbocycles. The van der Waals surface area contributed by atoms with Gasteiger partial charge in [0.05, 0.1) is 0 Å². The van der Waals surface area contributed by atoms with E-state index in [-0.39, 0.29) is 5.91 Å². The van der Waals surface area contributed by atoms with Crippen LogP contribution in [-0.2, 0) is 0 Å². The van der Waals surface area contributed by atoms with Crippen molar-refractivity contribution in [3.63, 3.8) is 0 Å². The van der Waals surface area contributed by atoms with Gasteiger partial charge in [0.25, 0.3) is 5.91 Å². The van der Waals surface area contributed by atoms with Gasteiger partial charge in [-0.1, -0.05) is 6.42 Å². The highest BCUT2D eigenvalue weighted by molar-refractivity contribution is 5.92. The van der Waals surface area contributed by atoms with E-state index in [1.165, 1.54) is 38.5 Å². The van der Waals surface area contributed by atoms with E-state index in [0.717, 1.165) is 18.8 Å². The fourth-order valence-corrected chi connectivity index (χ4v) is 3.25. The molecule has 1 amide bonds. The van der Waals surface area contributed by atoms with Crippen molar-refractivity contribution in [3.8, 4) is 0 Å². The second-order valence-electron chi connectivity index (χ2n) is 6.22. The molecule has 0 aromatic carbocycles. The Bertz CT molecular complexity index is 458. The van der Waals surface area contributed by atoms with Crippen LogP contribution in [0, 0.1) is 0 Å².